The van der Waals surface area contributed by atoms with Gasteiger partial charge in [0.05, 0.1) is 0 Å². The second kappa shape index (κ2) is 6.66. The number of aromatic nitrogens is 2. The third-order valence-electron chi connectivity index (χ3n) is 3.06. The van der Waals surface area contributed by atoms with Gasteiger partial charge in [0.2, 0.25) is 5.91 Å². The van der Waals surface area contributed by atoms with Crippen LogP contribution in [0.1, 0.15) is 31.3 Å². The van der Waals surface area contributed by atoms with Crippen LogP contribution in [0.2, 0.25) is 0 Å². The summed E-state index contributed by atoms with van der Waals surface area (Å²) >= 11 is 0. The Hall–Kier alpha value is -1.27. The molecule has 2 rings (SSSR count). The molecule has 0 aliphatic heterocycles. The Balaban J connectivity index is 0.00000220. The van der Waals surface area contributed by atoms with Crippen molar-refractivity contribution in [3.63, 3.8) is 0 Å². The molecule has 7 heteroatoms. The summed E-state index contributed by atoms with van der Waals surface area (Å²) in [5.41, 5.74) is 5.72. The van der Waals surface area contributed by atoms with Crippen molar-refractivity contribution in [1.82, 2.24) is 15.5 Å². The van der Waals surface area contributed by atoms with Gasteiger partial charge >= 0.3 is 0 Å². The maximum absolute atomic E-state index is 12.3. The molecule has 2 aromatic rings. The molecular weight excluding hydrogens is 345 g/mol. The minimum absolute atomic E-state index is 0. The molecule has 2 amide bonds. The number of nitrogens with one attached hydrogen (secondary N) is 1. The Morgan fingerprint density at radius 2 is 1.90 bits per heavy atom. The molecule has 0 spiro atoms. The Labute approximate surface area is 148 Å². The van der Waals surface area contributed by atoms with Gasteiger partial charge in [-0.3, -0.25) is 9.59 Å². The first-order valence-corrected chi connectivity index (χ1v) is 6.29. The van der Waals surface area contributed by atoms with Gasteiger partial charge in [-0.15, -0.1) is 5.52 Å². The second-order valence-electron chi connectivity index (χ2n) is 5.74. The predicted molar refractivity (Wildman–Crippen MR) is 75.0 cm³/mol. The van der Waals surface area contributed by atoms with Crippen LogP contribution in [0.4, 0.5) is 0 Å². The number of carbonyl (C=O) groups excluding carboxylic acids is 2. The fourth-order valence-corrected chi connectivity index (χ4v) is 2.00. The largest absolute Gasteiger partial charge is 0.574 e. The molecule has 1 aromatic heterocycles. The quantitative estimate of drug-likeness (QED) is 0.845. The first kappa shape index (κ1) is 17.8. The molecule has 0 saturated heterocycles. The van der Waals surface area contributed by atoms with Crippen molar-refractivity contribution < 1.29 is 42.3 Å². The second-order valence-corrected chi connectivity index (χ2v) is 5.74. The van der Waals surface area contributed by atoms with Crippen molar-refractivity contribution in [2.24, 2.45) is 11.1 Å². The molecule has 0 fully saturated rings. The molecule has 21 heavy (non-hydrogen) atoms. The third-order valence-corrected chi connectivity index (χ3v) is 3.06. The molecule has 109 valence electrons. The zero-order chi connectivity index (χ0) is 14.9. The number of hydrogen-bond acceptors (Lipinski definition) is 3. The predicted octanol–water partition coefficient (Wildman–Crippen LogP) is 0.819. The van der Waals surface area contributed by atoms with Crippen LogP contribution in [0, 0.1) is 5.41 Å². The number of carbonyl (C=O) groups is 2. The summed E-state index contributed by atoms with van der Waals surface area (Å²) in [6.45, 7) is 5.49. The number of nitrogens with two attached hydrogens (primary N) is 1. The fraction of sp³-hybridized carbons (Fsp3) is 0.357. The Morgan fingerprint density at radius 1 is 1.29 bits per heavy atom. The van der Waals surface area contributed by atoms with Crippen LogP contribution in [-0.4, -0.2) is 23.0 Å². The average Bonchev–Trinajstić information content (AvgIpc) is 2.77. The van der Waals surface area contributed by atoms with Crippen LogP contribution in [-0.2, 0) is 37.5 Å². The summed E-state index contributed by atoms with van der Waals surface area (Å²) in [5, 5.41) is 11.1. The minimum atomic E-state index is -0.773. The van der Waals surface area contributed by atoms with Gasteiger partial charge in [0, 0.05) is 32.7 Å². The third kappa shape index (κ3) is 3.89. The van der Waals surface area contributed by atoms with Crippen LogP contribution in [0.5, 0.6) is 0 Å². The molecular formula is C14H17N4O2Y-. The van der Waals surface area contributed by atoms with E-state index in [9.17, 15) is 9.59 Å². The van der Waals surface area contributed by atoms with E-state index in [1.165, 1.54) is 0 Å². The van der Waals surface area contributed by atoms with E-state index in [-0.39, 0.29) is 38.4 Å². The number of rotatable bonds is 3. The maximum Gasteiger partial charge on any atom is 0.269 e. The van der Waals surface area contributed by atoms with Crippen molar-refractivity contribution in [2.75, 3.05) is 0 Å². The van der Waals surface area contributed by atoms with E-state index >= 15 is 0 Å². The van der Waals surface area contributed by atoms with Crippen molar-refractivity contribution in [3.05, 3.63) is 30.0 Å². The van der Waals surface area contributed by atoms with Gasteiger partial charge in [-0.05, 0) is 10.8 Å². The van der Waals surface area contributed by atoms with Gasteiger partial charge in [-0.1, -0.05) is 45.0 Å². The monoisotopic (exact) mass is 362 g/mol. The molecule has 1 radical (unpaired) electrons. The Bertz CT molecular complexity index is 660. The molecule has 1 aromatic carbocycles. The van der Waals surface area contributed by atoms with Crippen LogP contribution < -0.4 is 16.1 Å². The fourth-order valence-electron chi connectivity index (χ4n) is 2.00. The van der Waals surface area contributed by atoms with E-state index in [1.54, 1.807) is 18.2 Å². The maximum atomic E-state index is 12.3. The van der Waals surface area contributed by atoms with Crippen molar-refractivity contribution >= 4 is 22.7 Å². The first-order valence-electron chi connectivity index (χ1n) is 6.29. The summed E-state index contributed by atoms with van der Waals surface area (Å²) in [4.78, 5) is 23.7. The van der Waals surface area contributed by atoms with Crippen LogP contribution >= 0.6 is 0 Å². The van der Waals surface area contributed by atoms with Gasteiger partial charge in [0.25, 0.3) is 5.91 Å². The number of primary amides is 1. The van der Waals surface area contributed by atoms with Crippen LogP contribution in [0.15, 0.2) is 24.3 Å². The van der Waals surface area contributed by atoms with Gasteiger partial charge in [0.1, 0.15) is 11.7 Å². The van der Waals surface area contributed by atoms with Gasteiger partial charge in [-0.25, -0.2) is 0 Å². The molecule has 1 unspecified atom stereocenters. The van der Waals surface area contributed by atoms with Gasteiger partial charge in [-0.2, -0.15) is 0 Å². The summed E-state index contributed by atoms with van der Waals surface area (Å²) in [7, 11) is 0. The van der Waals surface area contributed by atoms with E-state index in [2.05, 4.69) is 15.5 Å². The number of amides is 2. The van der Waals surface area contributed by atoms with Crippen molar-refractivity contribution in [1.29, 1.82) is 0 Å². The Kier molecular flexibility index (Phi) is 5.64. The van der Waals surface area contributed by atoms with E-state index in [4.69, 9.17) is 5.73 Å². The van der Waals surface area contributed by atoms with Gasteiger partial charge < -0.3 is 21.2 Å². The number of nitrogens with zero attached hydrogens (tertiary/aromatic N) is 2. The molecule has 0 bridgehead atoms. The van der Waals surface area contributed by atoms with Crippen molar-refractivity contribution in [2.45, 2.75) is 26.8 Å². The Morgan fingerprint density at radius 3 is 2.48 bits per heavy atom. The molecule has 1 heterocycles. The van der Waals surface area contributed by atoms with E-state index in [0.29, 0.717) is 10.9 Å². The van der Waals surface area contributed by atoms with E-state index < -0.39 is 23.3 Å². The summed E-state index contributed by atoms with van der Waals surface area (Å²) < 4.78 is 0. The van der Waals surface area contributed by atoms with E-state index in [1.807, 2.05) is 26.8 Å². The topological polar surface area (TPSA) is 99.2 Å². The van der Waals surface area contributed by atoms with Crippen LogP contribution in [0.25, 0.3) is 10.9 Å². The summed E-state index contributed by atoms with van der Waals surface area (Å²) in [5.74, 6) is -1.02. The first-order chi connectivity index (χ1) is 9.30. The number of hydrogen-bond donors (Lipinski definition) is 2. The molecule has 6 nitrogen and oxygen atoms in total. The molecule has 1 atom stereocenters. The van der Waals surface area contributed by atoms with Crippen LogP contribution in [0.3, 0.4) is 0 Å². The summed E-state index contributed by atoms with van der Waals surface area (Å²) in [6, 6.07) is 6.39. The standard InChI is InChI=1S/C14H18N4O2.Y/c1-14(2,3)11(12(15)19)16-13(20)10-8-6-4-5-7-9(8)17-18-10;/h4-7,11H,1-3H3,(H4,15,16,17,18,19,20);/p-1. The zero-order valence-electron chi connectivity index (χ0n) is 12.3. The average molecular weight is 362 g/mol. The molecule has 0 saturated carbocycles. The molecule has 0 aliphatic carbocycles. The minimum Gasteiger partial charge on any atom is -0.574 e. The SMILES string of the molecule is CC(C)(C)C(NC(=O)c1n[n-]c2ccccc12)C(N)=O.[Y]. The molecule has 0 aliphatic rings. The summed E-state index contributed by atoms with van der Waals surface area (Å²) in [6.07, 6.45) is 0. The van der Waals surface area contributed by atoms with Crippen molar-refractivity contribution in [3.8, 4) is 0 Å². The number of fused-ring (bicyclic) bond motifs is 1. The zero-order valence-corrected chi connectivity index (χ0v) is 15.1. The number of benzene rings is 1. The smallest absolute Gasteiger partial charge is 0.269 e. The van der Waals surface area contributed by atoms with Gasteiger partial charge in [0.15, 0.2) is 0 Å². The normalized spacial score (nSPS) is 12.5. The van der Waals surface area contributed by atoms with E-state index in [0.717, 1.165) is 0 Å². The molecule has 3 N–H and O–H groups in total.